The fourth-order valence-electron chi connectivity index (χ4n) is 1.88. The standard InChI is InChI=1S/C12H18N4S/c1-12(2,3)10-9(8-13)17-11(15-10)16-6-4-14-5-7-16/h14H,4-7H2,1-3H3. The molecule has 2 heterocycles. The molecule has 92 valence electrons. The number of aromatic nitrogens is 1. The van der Waals surface area contributed by atoms with Crippen molar-refractivity contribution in [1.29, 1.82) is 5.26 Å². The average Bonchev–Trinajstić information content (AvgIpc) is 2.74. The Bertz CT molecular complexity index is 432. The molecule has 1 aliphatic heterocycles. The van der Waals surface area contributed by atoms with Crippen molar-refractivity contribution in [3.63, 3.8) is 0 Å². The Hall–Kier alpha value is -1.12. The summed E-state index contributed by atoms with van der Waals surface area (Å²) < 4.78 is 0. The van der Waals surface area contributed by atoms with E-state index in [4.69, 9.17) is 0 Å². The van der Waals surface area contributed by atoms with Gasteiger partial charge in [0.05, 0.1) is 5.69 Å². The normalized spacial score (nSPS) is 16.9. The molecule has 1 fully saturated rings. The summed E-state index contributed by atoms with van der Waals surface area (Å²) in [5, 5.41) is 13.5. The van der Waals surface area contributed by atoms with Crippen LogP contribution in [0.1, 0.15) is 31.3 Å². The van der Waals surface area contributed by atoms with Gasteiger partial charge in [-0.25, -0.2) is 4.98 Å². The summed E-state index contributed by atoms with van der Waals surface area (Å²) in [6, 6.07) is 2.28. The molecule has 0 aromatic carbocycles. The number of anilines is 1. The summed E-state index contributed by atoms with van der Waals surface area (Å²) in [6.45, 7) is 10.2. The van der Waals surface area contributed by atoms with E-state index in [0.29, 0.717) is 0 Å². The Kier molecular flexibility index (Phi) is 3.36. The average molecular weight is 250 g/mol. The van der Waals surface area contributed by atoms with Crippen molar-refractivity contribution < 1.29 is 0 Å². The second kappa shape index (κ2) is 4.63. The van der Waals surface area contributed by atoms with Crippen molar-refractivity contribution in [1.82, 2.24) is 10.3 Å². The van der Waals surface area contributed by atoms with Crippen molar-refractivity contribution in [2.24, 2.45) is 0 Å². The molecule has 0 bridgehead atoms. The Morgan fingerprint density at radius 3 is 2.47 bits per heavy atom. The lowest BCUT2D eigenvalue weighted by Crippen LogP contribution is -2.43. The molecule has 1 N–H and O–H groups in total. The molecule has 4 nitrogen and oxygen atoms in total. The molecule has 0 spiro atoms. The molecular weight excluding hydrogens is 232 g/mol. The molecule has 17 heavy (non-hydrogen) atoms. The van der Waals surface area contributed by atoms with E-state index in [1.807, 2.05) is 0 Å². The molecule has 0 atom stereocenters. The highest BCUT2D eigenvalue weighted by Gasteiger charge is 2.25. The molecule has 1 aliphatic rings. The van der Waals surface area contributed by atoms with Crippen LogP contribution in [0, 0.1) is 11.3 Å². The van der Waals surface area contributed by atoms with Gasteiger partial charge in [-0.1, -0.05) is 32.1 Å². The van der Waals surface area contributed by atoms with Crippen molar-refractivity contribution in [2.45, 2.75) is 26.2 Å². The molecule has 1 aromatic rings. The molecule has 0 radical (unpaired) electrons. The summed E-state index contributed by atoms with van der Waals surface area (Å²) in [5.74, 6) is 0. The Balaban J connectivity index is 2.31. The van der Waals surface area contributed by atoms with Crippen molar-refractivity contribution in [3.8, 4) is 6.07 Å². The molecule has 0 saturated carbocycles. The molecule has 1 aromatic heterocycles. The van der Waals surface area contributed by atoms with Crippen LogP contribution in [0.2, 0.25) is 0 Å². The summed E-state index contributed by atoms with van der Waals surface area (Å²) >= 11 is 1.52. The maximum absolute atomic E-state index is 9.18. The van der Waals surface area contributed by atoms with Crippen LogP contribution in [0.3, 0.4) is 0 Å². The molecule has 0 amide bonds. The smallest absolute Gasteiger partial charge is 0.186 e. The number of nitrogens with one attached hydrogen (secondary N) is 1. The van der Waals surface area contributed by atoms with Crippen molar-refractivity contribution >= 4 is 16.5 Å². The van der Waals surface area contributed by atoms with Crippen LogP contribution >= 0.6 is 11.3 Å². The zero-order valence-corrected chi connectivity index (χ0v) is 11.4. The largest absolute Gasteiger partial charge is 0.346 e. The predicted octanol–water partition coefficient (Wildman–Crippen LogP) is 1.72. The highest BCUT2D eigenvalue weighted by atomic mass is 32.1. The molecular formula is C12H18N4S. The Morgan fingerprint density at radius 1 is 1.35 bits per heavy atom. The fourth-order valence-corrected chi connectivity index (χ4v) is 3.01. The minimum Gasteiger partial charge on any atom is -0.346 e. The number of hydrogen-bond donors (Lipinski definition) is 1. The molecule has 1 saturated heterocycles. The van der Waals surface area contributed by atoms with Crippen LogP contribution in [0.5, 0.6) is 0 Å². The quantitative estimate of drug-likeness (QED) is 0.824. The molecule has 0 unspecified atom stereocenters. The predicted molar refractivity (Wildman–Crippen MR) is 70.6 cm³/mol. The van der Waals surface area contributed by atoms with Crippen LogP contribution in [-0.4, -0.2) is 31.2 Å². The number of rotatable bonds is 1. The van der Waals surface area contributed by atoms with E-state index < -0.39 is 0 Å². The summed E-state index contributed by atoms with van der Waals surface area (Å²) in [4.78, 5) is 7.69. The van der Waals surface area contributed by atoms with Crippen molar-refractivity contribution in [3.05, 3.63) is 10.6 Å². The first-order chi connectivity index (χ1) is 8.02. The number of hydrogen-bond acceptors (Lipinski definition) is 5. The summed E-state index contributed by atoms with van der Waals surface area (Å²) in [7, 11) is 0. The molecule has 2 rings (SSSR count). The van der Waals surface area contributed by atoms with Gasteiger partial charge in [0.15, 0.2) is 5.13 Å². The Labute approximate surface area is 106 Å². The number of nitrogens with zero attached hydrogens (tertiary/aromatic N) is 3. The second-order valence-corrected chi connectivity index (χ2v) is 6.25. The van der Waals surface area contributed by atoms with Gasteiger partial charge in [-0.15, -0.1) is 0 Å². The molecule has 5 heteroatoms. The van der Waals surface area contributed by atoms with Gasteiger partial charge >= 0.3 is 0 Å². The third-order valence-corrected chi connectivity index (χ3v) is 3.84. The van der Waals surface area contributed by atoms with Crippen LogP contribution in [0.4, 0.5) is 5.13 Å². The minimum atomic E-state index is -0.0617. The lowest BCUT2D eigenvalue weighted by atomic mass is 9.91. The second-order valence-electron chi connectivity index (χ2n) is 5.27. The summed E-state index contributed by atoms with van der Waals surface area (Å²) in [5.41, 5.74) is 0.868. The monoisotopic (exact) mass is 250 g/mol. The maximum Gasteiger partial charge on any atom is 0.186 e. The van der Waals surface area contributed by atoms with Gasteiger partial charge in [0, 0.05) is 31.6 Å². The fraction of sp³-hybridized carbons (Fsp3) is 0.667. The van der Waals surface area contributed by atoms with E-state index in [1.54, 1.807) is 0 Å². The lowest BCUT2D eigenvalue weighted by molar-refractivity contribution is 0.563. The van der Waals surface area contributed by atoms with E-state index in [2.05, 4.69) is 42.0 Å². The van der Waals surface area contributed by atoms with Crippen LogP contribution in [-0.2, 0) is 5.41 Å². The number of thiazole rings is 1. The van der Waals surface area contributed by atoms with Crippen LogP contribution < -0.4 is 10.2 Å². The van der Waals surface area contributed by atoms with Gasteiger partial charge in [0.25, 0.3) is 0 Å². The first-order valence-electron chi connectivity index (χ1n) is 5.89. The SMILES string of the molecule is CC(C)(C)c1nc(N2CCNCC2)sc1C#N. The van der Waals surface area contributed by atoms with Gasteiger partial charge < -0.3 is 10.2 Å². The first-order valence-corrected chi connectivity index (χ1v) is 6.71. The topological polar surface area (TPSA) is 52.0 Å². The third-order valence-electron chi connectivity index (χ3n) is 2.82. The Morgan fingerprint density at radius 2 is 2.00 bits per heavy atom. The van der Waals surface area contributed by atoms with E-state index >= 15 is 0 Å². The maximum atomic E-state index is 9.18. The number of nitriles is 1. The first kappa shape index (κ1) is 12.3. The zero-order valence-electron chi connectivity index (χ0n) is 10.6. The van der Waals surface area contributed by atoms with Gasteiger partial charge in [0.2, 0.25) is 0 Å². The third kappa shape index (κ3) is 2.59. The van der Waals surface area contributed by atoms with Gasteiger partial charge in [-0.05, 0) is 0 Å². The van der Waals surface area contributed by atoms with E-state index in [9.17, 15) is 5.26 Å². The van der Waals surface area contributed by atoms with Gasteiger partial charge in [0.1, 0.15) is 10.9 Å². The zero-order chi connectivity index (χ0) is 12.5. The summed E-state index contributed by atoms with van der Waals surface area (Å²) in [6.07, 6.45) is 0. The molecule has 0 aliphatic carbocycles. The highest BCUT2D eigenvalue weighted by Crippen LogP contribution is 2.33. The van der Waals surface area contributed by atoms with E-state index in [-0.39, 0.29) is 5.41 Å². The van der Waals surface area contributed by atoms with Crippen LogP contribution in [0.25, 0.3) is 0 Å². The van der Waals surface area contributed by atoms with Gasteiger partial charge in [-0.2, -0.15) is 5.26 Å². The van der Waals surface area contributed by atoms with E-state index in [1.165, 1.54) is 11.3 Å². The number of piperazine rings is 1. The lowest BCUT2D eigenvalue weighted by Gasteiger charge is -2.26. The minimum absolute atomic E-state index is 0.0617. The van der Waals surface area contributed by atoms with E-state index in [0.717, 1.165) is 41.9 Å². The highest BCUT2D eigenvalue weighted by molar-refractivity contribution is 7.16. The van der Waals surface area contributed by atoms with Gasteiger partial charge in [-0.3, -0.25) is 0 Å². The van der Waals surface area contributed by atoms with Crippen LogP contribution in [0.15, 0.2) is 0 Å². The van der Waals surface area contributed by atoms with Crippen molar-refractivity contribution in [2.75, 3.05) is 31.1 Å².